The topological polar surface area (TPSA) is 40.7 Å². The molecule has 1 heterocycles. The van der Waals surface area contributed by atoms with Crippen molar-refractivity contribution < 1.29 is 17.6 Å². The van der Waals surface area contributed by atoms with E-state index in [1.54, 1.807) is 6.92 Å². The highest BCUT2D eigenvalue weighted by Gasteiger charge is 2.31. The minimum atomic E-state index is -4.49. The number of nitrogens with one attached hydrogen (secondary N) is 2. The number of aryl methyl sites for hydroxylation is 1. The van der Waals surface area contributed by atoms with E-state index in [1.165, 1.54) is 6.20 Å². The highest BCUT2D eigenvalue weighted by atomic mass is 19.4. The van der Waals surface area contributed by atoms with Crippen molar-refractivity contribution in [3.8, 4) is 0 Å². The maximum atomic E-state index is 13.4. The smallest absolute Gasteiger partial charge is 0.378 e. The molecule has 1 aromatic carbocycles. The minimum absolute atomic E-state index is 0.185. The predicted octanol–water partition coefficient (Wildman–Crippen LogP) is 3.49. The Bertz CT molecular complexity index is 575. The number of hydrogen-bond donors (Lipinski definition) is 2. The molecule has 0 fully saturated rings. The van der Waals surface area contributed by atoms with Crippen molar-refractivity contribution in [1.82, 2.24) is 10.2 Å². The Morgan fingerprint density at radius 2 is 2.05 bits per heavy atom. The van der Waals surface area contributed by atoms with Gasteiger partial charge in [0.15, 0.2) is 0 Å². The number of halogens is 4. The van der Waals surface area contributed by atoms with E-state index in [1.807, 2.05) is 0 Å². The lowest BCUT2D eigenvalue weighted by Gasteiger charge is -2.11. The molecule has 19 heavy (non-hydrogen) atoms. The fraction of sp³-hybridized carbons (Fsp3) is 0.250. The molecule has 0 aliphatic heterocycles. The number of nitrogens with zero attached hydrogens (tertiary/aromatic N) is 1. The number of benzene rings is 1. The molecule has 0 amide bonds. The van der Waals surface area contributed by atoms with Gasteiger partial charge in [0, 0.05) is 17.8 Å². The van der Waals surface area contributed by atoms with Crippen LogP contribution in [0.1, 0.15) is 16.8 Å². The van der Waals surface area contributed by atoms with Gasteiger partial charge in [0.1, 0.15) is 5.82 Å². The number of anilines is 1. The molecule has 0 radical (unpaired) electrons. The summed E-state index contributed by atoms with van der Waals surface area (Å²) in [5, 5.41) is 9.10. The van der Waals surface area contributed by atoms with Gasteiger partial charge in [0.05, 0.1) is 17.4 Å². The Labute approximate surface area is 106 Å². The van der Waals surface area contributed by atoms with Crippen LogP contribution in [0.4, 0.5) is 23.2 Å². The largest absolute Gasteiger partial charge is 0.416 e. The van der Waals surface area contributed by atoms with Gasteiger partial charge in [-0.2, -0.15) is 18.3 Å². The van der Waals surface area contributed by atoms with Gasteiger partial charge in [-0.25, -0.2) is 4.39 Å². The molecule has 0 atom stereocenters. The van der Waals surface area contributed by atoms with Crippen molar-refractivity contribution in [2.45, 2.75) is 19.6 Å². The molecular weight excluding hydrogens is 262 g/mol. The zero-order valence-corrected chi connectivity index (χ0v) is 9.98. The van der Waals surface area contributed by atoms with Crippen LogP contribution in [0.3, 0.4) is 0 Å². The van der Waals surface area contributed by atoms with Crippen molar-refractivity contribution in [2.24, 2.45) is 0 Å². The zero-order valence-electron chi connectivity index (χ0n) is 9.98. The lowest BCUT2D eigenvalue weighted by Crippen LogP contribution is -2.08. The lowest BCUT2D eigenvalue weighted by atomic mass is 10.1. The maximum Gasteiger partial charge on any atom is 0.416 e. The normalized spacial score (nSPS) is 11.6. The van der Waals surface area contributed by atoms with E-state index in [2.05, 4.69) is 15.5 Å². The van der Waals surface area contributed by atoms with Gasteiger partial charge in [0.25, 0.3) is 0 Å². The second kappa shape index (κ2) is 4.91. The Hall–Kier alpha value is -2.05. The average molecular weight is 273 g/mol. The molecule has 0 unspecified atom stereocenters. The highest BCUT2D eigenvalue weighted by Crippen LogP contribution is 2.31. The van der Waals surface area contributed by atoms with Crippen LogP contribution in [0.2, 0.25) is 0 Å². The minimum Gasteiger partial charge on any atom is -0.378 e. The van der Waals surface area contributed by atoms with E-state index in [0.717, 1.165) is 23.4 Å². The monoisotopic (exact) mass is 273 g/mol. The molecule has 0 aliphatic carbocycles. The summed E-state index contributed by atoms with van der Waals surface area (Å²) in [6.07, 6.45) is -2.95. The quantitative estimate of drug-likeness (QED) is 0.840. The molecule has 7 heteroatoms. The van der Waals surface area contributed by atoms with Gasteiger partial charge < -0.3 is 5.32 Å². The number of aromatic amines is 1. The molecule has 0 saturated heterocycles. The SMILES string of the molecule is Cc1[nH]ncc1CNc1cc(C(F)(F)F)ccc1F. The van der Waals surface area contributed by atoms with E-state index in [9.17, 15) is 17.6 Å². The molecule has 0 spiro atoms. The molecule has 2 N–H and O–H groups in total. The molecule has 3 nitrogen and oxygen atoms in total. The second-order valence-corrected chi connectivity index (χ2v) is 4.07. The van der Waals surface area contributed by atoms with Crippen molar-refractivity contribution in [3.05, 3.63) is 47.0 Å². The van der Waals surface area contributed by atoms with E-state index in [-0.39, 0.29) is 12.2 Å². The summed E-state index contributed by atoms with van der Waals surface area (Å²) in [5.41, 5.74) is 0.465. The number of hydrogen-bond acceptors (Lipinski definition) is 2. The second-order valence-electron chi connectivity index (χ2n) is 4.07. The molecule has 0 aliphatic rings. The summed E-state index contributed by atoms with van der Waals surface area (Å²) < 4.78 is 51.0. The Kier molecular flexibility index (Phi) is 3.46. The van der Waals surface area contributed by atoms with E-state index in [0.29, 0.717) is 6.07 Å². The van der Waals surface area contributed by atoms with Gasteiger partial charge in [-0.1, -0.05) is 0 Å². The van der Waals surface area contributed by atoms with Gasteiger partial charge in [-0.15, -0.1) is 0 Å². The standard InChI is InChI=1S/C12H11F4N3/c1-7-8(6-18-19-7)5-17-11-4-9(12(14,15)16)2-3-10(11)13/h2-4,6,17H,5H2,1H3,(H,18,19). The molecule has 0 bridgehead atoms. The van der Waals surface area contributed by atoms with Crippen LogP contribution < -0.4 is 5.32 Å². The van der Waals surface area contributed by atoms with Gasteiger partial charge in [-0.05, 0) is 25.1 Å². The molecular formula is C12H11F4N3. The number of rotatable bonds is 3. The van der Waals surface area contributed by atoms with E-state index >= 15 is 0 Å². The Morgan fingerprint density at radius 1 is 1.32 bits per heavy atom. The third-order valence-corrected chi connectivity index (χ3v) is 2.70. The first-order valence-electron chi connectivity index (χ1n) is 5.47. The third kappa shape index (κ3) is 3.04. The summed E-state index contributed by atoms with van der Waals surface area (Å²) in [6.45, 7) is 1.97. The van der Waals surface area contributed by atoms with Gasteiger partial charge >= 0.3 is 6.18 Å². The Balaban J connectivity index is 2.18. The molecule has 2 rings (SSSR count). The zero-order chi connectivity index (χ0) is 14.0. The highest BCUT2D eigenvalue weighted by molar-refractivity contribution is 5.48. The molecule has 2 aromatic rings. The molecule has 102 valence electrons. The summed E-state index contributed by atoms with van der Waals surface area (Å²) >= 11 is 0. The average Bonchev–Trinajstić information content (AvgIpc) is 2.72. The fourth-order valence-electron chi connectivity index (χ4n) is 1.58. The number of alkyl halides is 3. The summed E-state index contributed by atoms with van der Waals surface area (Å²) in [7, 11) is 0. The number of aromatic nitrogens is 2. The summed E-state index contributed by atoms with van der Waals surface area (Å²) in [4.78, 5) is 0. The van der Waals surface area contributed by atoms with Crippen LogP contribution in [-0.2, 0) is 12.7 Å². The first-order chi connectivity index (χ1) is 8.88. The number of H-pyrrole nitrogens is 1. The Morgan fingerprint density at radius 3 is 2.63 bits per heavy atom. The first kappa shape index (κ1) is 13.4. The van der Waals surface area contributed by atoms with Crippen LogP contribution >= 0.6 is 0 Å². The predicted molar refractivity (Wildman–Crippen MR) is 62.1 cm³/mol. The van der Waals surface area contributed by atoms with Crippen molar-refractivity contribution >= 4 is 5.69 Å². The summed E-state index contributed by atoms with van der Waals surface area (Å²) in [5.74, 6) is -0.728. The lowest BCUT2D eigenvalue weighted by molar-refractivity contribution is -0.137. The van der Waals surface area contributed by atoms with Gasteiger partial charge in [-0.3, -0.25) is 5.10 Å². The van der Waals surface area contributed by atoms with Crippen molar-refractivity contribution in [2.75, 3.05) is 5.32 Å². The van der Waals surface area contributed by atoms with Crippen molar-refractivity contribution in [1.29, 1.82) is 0 Å². The van der Waals surface area contributed by atoms with E-state index in [4.69, 9.17) is 0 Å². The van der Waals surface area contributed by atoms with Crippen LogP contribution in [0, 0.1) is 12.7 Å². The third-order valence-electron chi connectivity index (χ3n) is 2.70. The van der Waals surface area contributed by atoms with E-state index < -0.39 is 17.6 Å². The van der Waals surface area contributed by atoms with Crippen LogP contribution in [0.5, 0.6) is 0 Å². The molecule has 0 saturated carbocycles. The van der Waals surface area contributed by atoms with Gasteiger partial charge in [0.2, 0.25) is 0 Å². The maximum absolute atomic E-state index is 13.4. The first-order valence-corrected chi connectivity index (χ1v) is 5.47. The van der Waals surface area contributed by atoms with Crippen molar-refractivity contribution in [3.63, 3.8) is 0 Å². The van der Waals surface area contributed by atoms with Crippen LogP contribution in [0.25, 0.3) is 0 Å². The van der Waals surface area contributed by atoms with Crippen LogP contribution in [0.15, 0.2) is 24.4 Å². The fourth-order valence-corrected chi connectivity index (χ4v) is 1.58. The molecule has 1 aromatic heterocycles. The summed E-state index contributed by atoms with van der Waals surface area (Å²) in [6, 6.07) is 2.27. The van der Waals surface area contributed by atoms with Crippen LogP contribution in [-0.4, -0.2) is 10.2 Å².